The Morgan fingerprint density at radius 2 is 2.07 bits per heavy atom. The van der Waals surface area contributed by atoms with Gasteiger partial charge in [-0.1, -0.05) is 23.7 Å². The third-order valence-corrected chi connectivity index (χ3v) is 2.79. The van der Waals surface area contributed by atoms with Crippen LogP contribution in [0.4, 0.5) is 0 Å². The predicted octanol–water partition coefficient (Wildman–Crippen LogP) is 2.60. The summed E-state index contributed by atoms with van der Waals surface area (Å²) >= 11 is 10.3. The standard InChI is InChI=1S/C10H10ClN3S/c11-9-3-1-8(2-4-9)10(15)5-14-7-12-6-13-14/h1-4,6-7,10,15H,5H2. The summed E-state index contributed by atoms with van der Waals surface area (Å²) in [5.41, 5.74) is 1.12. The number of nitrogens with zero attached hydrogens (tertiary/aromatic N) is 3. The van der Waals surface area contributed by atoms with Crippen molar-refractivity contribution in [1.82, 2.24) is 14.8 Å². The zero-order valence-corrected chi connectivity index (χ0v) is 9.57. The molecule has 2 rings (SSSR count). The first kappa shape index (κ1) is 10.5. The summed E-state index contributed by atoms with van der Waals surface area (Å²) in [6, 6.07) is 7.66. The molecule has 78 valence electrons. The first-order valence-electron chi connectivity index (χ1n) is 4.51. The van der Waals surface area contributed by atoms with E-state index in [0.717, 1.165) is 10.6 Å². The van der Waals surface area contributed by atoms with Crippen LogP contribution in [-0.2, 0) is 6.54 Å². The minimum Gasteiger partial charge on any atom is -0.252 e. The molecule has 0 amide bonds. The van der Waals surface area contributed by atoms with Crippen LogP contribution in [0.5, 0.6) is 0 Å². The lowest BCUT2D eigenvalue weighted by molar-refractivity contribution is 0.606. The van der Waals surface area contributed by atoms with E-state index in [2.05, 4.69) is 22.7 Å². The van der Waals surface area contributed by atoms with Crippen molar-refractivity contribution in [2.45, 2.75) is 11.8 Å². The maximum atomic E-state index is 5.81. The Balaban J connectivity index is 2.08. The zero-order chi connectivity index (χ0) is 10.7. The van der Waals surface area contributed by atoms with Crippen LogP contribution in [0.3, 0.4) is 0 Å². The number of aromatic nitrogens is 3. The van der Waals surface area contributed by atoms with E-state index < -0.39 is 0 Å². The quantitative estimate of drug-likeness (QED) is 0.835. The van der Waals surface area contributed by atoms with Gasteiger partial charge >= 0.3 is 0 Å². The van der Waals surface area contributed by atoms with E-state index in [-0.39, 0.29) is 5.25 Å². The van der Waals surface area contributed by atoms with Gasteiger partial charge in [0.1, 0.15) is 12.7 Å². The van der Waals surface area contributed by atoms with Crippen molar-refractivity contribution >= 4 is 24.2 Å². The van der Waals surface area contributed by atoms with Crippen molar-refractivity contribution in [2.75, 3.05) is 0 Å². The largest absolute Gasteiger partial charge is 0.252 e. The van der Waals surface area contributed by atoms with Gasteiger partial charge in [-0.25, -0.2) is 4.98 Å². The van der Waals surface area contributed by atoms with Crippen molar-refractivity contribution in [2.24, 2.45) is 0 Å². The summed E-state index contributed by atoms with van der Waals surface area (Å²) in [6.07, 6.45) is 3.20. The van der Waals surface area contributed by atoms with Crippen LogP contribution in [-0.4, -0.2) is 14.8 Å². The second-order valence-corrected chi connectivity index (χ2v) is 4.24. The van der Waals surface area contributed by atoms with Gasteiger partial charge in [-0.05, 0) is 17.7 Å². The average molecular weight is 240 g/mol. The van der Waals surface area contributed by atoms with Crippen LogP contribution in [0.25, 0.3) is 0 Å². The van der Waals surface area contributed by atoms with Crippen molar-refractivity contribution in [3.8, 4) is 0 Å². The first-order valence-corrected chi connectivity index (χ1v) is 5.41. The second-order valence-electron chi connectivity index (χ2n) is 3.18. The monoisotopic (exact) mass is 239 g/mol. The minimum absolute atomic E-state index is 0.101. The van der Waals surface area contributed by atoms with Crippen LogP contribution < -0.4 is 0 Å². The molecule has 5 heteroatoms. The molecule has 0 saturated heterocycles. The predicted molar refractivity (Wildman–Crippen MR) is 63.2 cm³/mol. The maximum Gasteiger partial charge on any atom is 0.137 e. The number of halogens is 1. The Kier molecular flexibility index (Phi) is 3.28. The Bertz CT molecular complexity index is 413. The van der Waals surface area contributed by atoms with E-state index in [1.807, 2.05) is 24.3 Å². The van der Waals surface area contributed by atoms with Crippen LogP contribution in [0.1, 0.15) is 10.8 Å². The fourth-order valence-electron chi connectivity index (χ4n) is 1.29. The van der Waals surface area contributed by atoms with Crippen molar-refractivity contribution < 1.29 is 0 Å². The molecule has 0 aliphatic heterocycles. The molecule has 1 aromatic heterocycles. The topological polar surface area (TPSA) is 30.7 Å². The Hall–Kier alpha value is -1.00. The summed E-state index contributed by atoms with van der Waals surface area (Å²) in [5, 5.41) is 4.87. The van der Waals surface area contributed by atoms with Crippen LogP contribution in [0.2, 0.25) is 5.02 Å². The van der Waals surface area contributed by atoms with Gasteiger partial charge in [-0.2, -0.15) is 17.7 Å². The van der Waals surface area contributed by atoms with Crippen molar-refractivity contribution in [3.05, 3.63) is 47.5 Å². The normalized spacial score (nSPS) is 12.7. The van der Waals surface area contributed by atoms with E-state index in [1.165, 1.54) is 6.33 Å². The fraction of sp³-hybridized carbons (Fsp3) is 0.200. The molecular weight excluding hydrogens is 230 g/mol. The summed E-state index contributed by atoms with van der Waals surface area (Å²) in [7, 11) is 0. The van der Waals surface area contributed by atoms with Crippen molar-refractivity contribution in [1.29, 1.82) is 0 Å². The number of rotatable bonds is 3. The molecule has 0 fully saturated rings. The summed E-state index contributed by atoms with van der Waals surface area (Å²) < 4.78 is 1.76. The SMILES string of the molecule is SC(Cn1cncn1)c1ccc(Cl)cc1. The lowest BCUT2D eigenvalue weighted by Crippen LogP contribution is -2.04. The van der Waals surface area contributed by atoms with Gasteiger partial charge in [0, 0.05) is 10.3 Å². The maximum absolute atomic E-state index is 5.81. The number of thiol groups is 1. The first-order chi connectivity index (χ1) is 7.25. The van der Waals surface area contributed by atoms with Crippen molar-refractivity contribution in [3.63, 3.8) is 0 Å². The van der Waals surface area contributed by atoms with Crippen LogP contribution >= 0.6 is 24.2 Å². The molecule has 1 unspecified atom stereocenters. The van der Waals surface area contributed by atoms with Crippen LogP contribution in [0.15, 0.2) is 36.9 Å². The fourth-order valence-corrected chi connectivity index (χ4v) is 1.76. The molecule has 3 nitrogen and oxygen atoms in total. The molecule has 1 heterocycles. The highest BCUT2D eigenvalue weighted by molar-refractivity contribution is 7.80. The molecule has 0 spiro atoms. The molecule has 1 aromatic carbocycles. The summed E-state index contributed by atoms with van der Waals surface area (Å²) in [6.45, 7) is 0.699. The molecule has 0 saturated carbocycles. The van der Waals surface area contributed by atoms with Gasteiger partial charge in [0.05, 0.1) is 6.54 Å². The average Bonchev–Trinajstić information content (AvgIpc) is 2.71. The Morgan fingerprint density at radius 3 is 2.67 bits per heavy atom. The second kappa shape index (κ2) is 4.68. The summed E-state index contributed by atoms with van der Waals surface area (Å²) in [5.74, 6) is 0. The number of hydrogen-bond donors (Lipinski definition) is 1. The number of benzene rings is 1. The van der Waals surface area contributed by atoms with Gasteiger partial charge in [0.2, 0.25) is 0 Å². The Morgan fingerprint density at radius 1 is 1.33 bits per heavy atom. The van der Waals surface area contributed by atoms with E-state index >= 15 is 0 Å². The molecule has 1 atom stereocenters. The third-order valence-electron chi connectivity index (χ3n) is 2.08. The molecular formula is C10H10ClN3S. The number of hydrogen-bond acceptors (Lipinski definition) is 3. The molecule has 0 N–H and O–H groups in total. The molecule has 0 aliphatic carbocycles. The smallest absolute Gasteiger partial charge is 0.137 e. The van der Waals surface area contributed by atoms with Gasteiger partial charge in [-0.3, -0.25) is 4.68 Å². The molecule has 0 radical (unpaired) electrons. The van der Waals surface area contributed by atoms with Crippen LogP contribution in [0, 0.1) is 0 Å². The van der Waals surface area contributed by atoms with Gasteiger partial charge in [0.15, 0.2) is 0 Å². The third kappa shape index (κ3) is 2.73. The van der Waals surface area contributed by atoms with E-state index in [4.69, 9.17) is 11.6 Å². The lowest BCUT2D eigenvalue weighted by atomic mass is 10.1. The lowest BCUT2D eigenvalue weighted by Gasteiger charge is -2.10. The molecule has 2 aromatic rings. The zero-order valence-electron chi connectivity index (χ0n) is 7.92. The summed E-state index contributed by atoms with van der Waals surface area (Å²) in [4.78, 5) is 3.88. The molecule has 15 heavy (non-hydrogen) atoms. The van der Waals surface area contributed by atoms with Gasteiger partial charge in [0.25, 0.3) is 0 Å². The highest BCUT2D eigenvalue weighted by Gasteiger charge is 2.07. The van der Waals surface area contributed by atoms with Gasteiger partial charge in [-0.15, -0.1) is 0 Å². The molecule has 0 aliphatic rings. The minimum atomic E-state index is 0.101. The molecule has 0 bridgehead atoms. The Labute approximate surface area is 98.5 Å². The van der Waals surface area contributed by atoms with E-state index in [0.29, 0.717) is 6.54 Å². The van der Waals surface area contributed by atoms with E-state index in [1.54, 1.807) is 11.0 Å². The highest BCUT2D eigenvalue weighted by Crippen LogP contribution is 2.22. The highest BCUT2D eigenvalue weighted by atomic mass is 35.5. The van der Waals surface area contributed by atoms with Gasteiger partial charge < -0.3 is 0 Å². The van der Waals surface area contributed by atoms with E-state index in [9.17, 15) is 0 Å².